The predicted octanol–water partition coefficient (Wildman–Crippen LogP) is 4.34. The molecule has 1 fully saturated rings. The monoisotopic (exact) mass is 269 g/mol. The average Bonchev–Trinajstić information content (AvgIpc) is 2.29. The van der Waals surface area contributed by atoms with Crippen molar-refractivity contribution in [1.29, 1.82) is 0 Å². The van der Waals surface area contributed by atoms with Gasteiger partial charge in [-0.3, -0.25) is 0 Å². The van der Waals surface area contributed by atoms with Crippen LogP contribution in [0.5, 0.6) is 0 Å². The summed E-state index contributed by atoms with van der Waals surface area (Å²) in [5.41, 5.74) is 5.96. The van der Waals surface area contributed by atoms with E-state index in [-0.39, 0.29) is 4.75 Å². The fourth-order valence-electron chi connectivity index (χ4n) is 2.65. The molecule has 1 aliphatic rings. The third kappa shape index (κ3) is 3.18. The van der Waals surface area contributed by atoms with Crippen LogP contribution in [-0.2, 0) is 0 Å². The van der Waals surface area contributed by atoms with Gasteiger partial charge in [0.05, 0.1) is 0 Å². The molecule has 1 aliphatic carbocycles. The van der Waals surface area contributed by atoms with Crippen molar-refractivity contribution in [3.63, 3.8) is 0 Å². The second-order valence-electron chi connectivity index (χ2n) is 5.01. The van der Waals surface area contributed by atoms with Gasteiger partial charge in [-0.25, -0.2) is 0 Å². The molecule has 1 nitrogen and oxygen atoms in total. The van der Waals surface area contributed by atoms with E-state index in [0.29, 0.717) is 0 Å². The van der Waals surface area contributed by atoms with Crippen molar-refractivity contribution in [3.05, 3.63) is 29.3 Å². The van der Waals surface area contributed by atoms with Gasteiger partial charge < -0.3 is 5.73 Å². The number of rotatable bonds is 5. The van der Waals surface area contributed by atoms with Gasteiger partial charge in [-0.1, -0.05) is 31.4 Å². The molecule has 0 radical (unpaired) electrons. The van der Waals surface area contributed by atoms with Crippen LogP contribution in [0.4, 0.5) is 0 Å². The molecular formula is C14H20ClNS. The van der Waals surface area contributed by atoms with E-state index in [4.69, 9.17) is 17.3 Å². The lowest BCUT2D eigenvalue weighted by atomic mass is 9.72. The Morgan fingerprint density at radius 3 is 2.53 bits per heavy atom. The molecule has 2 rings (SSSR count). The highest BCUT2D eigenvalue weighted by Gasteiger charge is 2.43. The van der Waals surface area contributed by atoms with Gasteiger partial charge in [0.15, 0.2) is 0 Å². The van der Waals surface area contributed by atoms with Crippen molar-refractivity contribution in [2.24, 2.45) is 11.7 Å². The van der Waals surface area contributed by atoms with Crippen LogP contribution in [0.1, 0.15) is 32.6 Å². The second-order valence-corrected chi connectivity index (χ2v) is 6.98. The van der Waals surface area contributed by atoms with E-state index in [1.54, 1.807) is 0 Å². The third-order valence-electron chi connectivity index (χ3n) is 3.54. The fourth-order valence-corrected chi connectivity index (χ4v) is 4.27. The van der Waals surface area contributed by atoms with Gasteiger partial charge in [-0.05, 0) is 43.0 Å². The summed E-state index contributed by atoms with van der Waals surface area (Å²) in [6.45, 7) is 3.04. The van der Waals surface area contributed by atoms with E-state index in [2.05, 4.69) is 19.1 Å². The Labute approximate surface area is 113 Å². The summed E-state index contributed by atoms with van der Waals surface area (Å²) in [5, 5.41) is 0.800. The summed E-state index contributed by atoms with van der Waals surface area (Å²) < 4.78 is 0.285. The van der Waals surface area contributed by atoms with Gasteiger partial charge in [-0.2, -0.15) is 0 Å². The molecule has 0 heterocycles. The molecule has 1 aromatic carbocycles. The standard InChI is InChI=1S/C14H20ClNS/c1-2-3-11-8-14(9-11,10-16)17-13-6-4-12(15)5-7-13/h4-7,11H,2-3,8-10,16H2,1H3. The van der Waals surface area contributed by atoms with Crippen molar-refractivity contribution in [2.45, 2.75) is 42.2 Å². The zero-order chi connectivity index (χ0) is 12.3. The van der Waals surface area contributed by atoms with E-state index in [1.807, 2.05) is 23.9 Å². The van der Waals surface area contributed by atoms with E-state index in [9.17, 15) is 0 Å². The molecule has 0 saturated heterocycles. The lowest BCUT2D eigenvalue weighted by Crippen LogP contribution is -2.46. The SMILES string of the molecule is CCCC1CC(CN)(Sc2ccc(Cl)cc2)C1. The largest absolute Gasteiger partial charge is 0.329 e. The van der Waals surface area contributed by atoms with Crippen LogP contribution in [0.2, 0.25) is 5.02 Å². The lowest BCUT2D eigenvalue weighted by Gasteiger charge is -2.47. The molecule has 17 heavy (non-hydrogen) atoms. The first-order valence-electron chi connectivity index (χ1n) is 6.32. The first-order chi connectivity index (χ1) is 8.17. The highest BCUT2D eigenvalue weighted by Crippen LogP contribution is 2.51. The summed E-state index contributed by atoms with van der Waals surface area (Å²) in [5.74, 6) is 0.892. The van der Waals surface area contributed by atoms with Crippen LogP contribution >= 0.6 is 23.4 Å². The zero-order valence-corrected chi connectivity index (χ0v) is 11.9. The topological polar surface area (TPSA) is 26.0 Å². The Hall–Kier alpha value is -0.180. The lowest BCUT2D eigenvalue weighted by molar-refractivity contribution is 0.220. The molecule has 0 bridgehead atoms. The van der Waals surface area contributed by atoms with Crippen LogP contribution in [-0.4, -0.2) is 11.3 Å². The predicted molar refractivity (Wildman–Crippen MR) is 76.7 cm³/mol. The fraction of sp³-hybridized carbons (Fsp3) is 0.571. The summed E-state index contributed by atoms with van der Waals surface area (Å²) in [7, 11) is 0. The van der Waals surface area contributed by atoms with E-state index in [0.717, 1.165) is 17.5 Å². The molecule has 1 aromatic rings. The molecule has 2 N–H and O–H groups in total. The summed E-state index contributed by atoms with van der Waals surface area (Å²) in [4.78, 5) is 1.29. The molecule has 0 atom stereocenters. The number of halogens is 1. The maximum absolute atomic E-state index is 5.96. The van der Waals surface area contributed by atoms with Crippen molar-refractivity contribution in [3.8, 4) is 0 Å². The Bertz CT molecular complexity index is 357. The van der Waals surface area contributed by atoms with Crippen LogP contribution in [0, 0.1) is 5.92 Å². The van der Waals surface area contributed by atoms with E-state index >= 15 is 0 Å². The van der Waals surface area contributed by atoms with Crippen LogP contribution in [0.25, 0.3) is 0 Å². The molecule has 0 aromatic heterocycles. The maximum atomic E-state index is 5.96. The third-order valence-corrected chi connectivity index (χ3v) is 5.23. The highest BCUT2D eigenvalue weighted by atomic mass is 35.5. The Morgan fingerprint density at radius 2 is 2.00 bits per heavy atom. The van der Waals surface area contributed by atoms with Crippen molar-refractivity contribution in [1.82, 2.24) is 0 Å². The zero-order valence-electron chi connectivity index (χ0n) is 10.3. The molecule has 0 amide bonds. The molecule has 3 heteroatoms. The number of benzene rings is 1. The second kappa shape index (κ2) is 5.64. The van der Waals surface area contributed by atoms with Crippen molar-refractivity contribution < 1.29 is 0 Å². The first-order valence-corrected chi connectivity index (χ1v) is 7.51. The minimum atomic E-state index is 0.285. The molecular weight excluding hydrogens is 250 g/mol. The first kappa shape index (κ1) is 13.3. The van der Waals surface area contributed by atoms with Crippen LogP contribution in [0.3, 0.4) is 0 Å². The molecule has 94 valence electrons. The van der Waals surface area contributed by atoms with Gasteiger partial charge >= 0.3 is 0 Å². The van der Waals surface area contributed by atoms with E-state index in [1.165, 1.54) is 30.6 Å². The van der Waals surface area contributed by atoms with Gasteiger partial charge in [0, 0.05) is 21.2 Å². The maximum Gasteiger partial charge on any atom is 0.0406 e. The molecule has 0 unspecified atom stereocenters. The minimum absolute atomic E-state index is 0.285. The molecule has 1 saturated carbocycles. The quantitative estimate of drug-likeness (QED) is 0.861. The summed E-state index contributed by atoms with van der Waals surface area (Å²) in [6, 6.07) is 8.10. The summed E-state index contributed by atoms with van der Waals surface area (Å²) >= 11 is 7.83. The Balaban J connectivity index is 1.95. The smallest absolute Gasteiger partial charge is 0.0406 e. The normalized spacial score (nSPS) is 27.8. The van der Waals surface area contributed by atoms with Crippen molar-refractivity contribution in [2.75, 3.05) is 6.54 Å². The van der Waals surface area contributed by atoms with Gasteiger partial charge in [0.1, 0.15) is 0 Å². The highest BCUT2D eigenvalue weighted by molar-refractivity contribution is 8.00. The number of nitrogens with two attached hydrogens (primary N) is 1. The van der Waals surface area contributed by atoms with Crippen LogP contribution < -0.4 is 5.73 Å². The van der Waals surface area contributed by atoms with Crippen molar-refractivity contribution >= 4 is 23.4 Å². The Kier molecular flexibility index (Phi) is 4.40. The molecule has 0 spiro atoms. The Morgan fingerprint density at radius 1 is 1.35 bits per heavy atom. The van der Waals surface area contributed by atoms with Crippen LogP contribution in [0.15, 0.2) is 29.2 Å². The van der Waals surface area contributed by atoms with Gasteiger partial charge in [-0.15, -0.1) is 11.8 Å². The minimum Gasteiger partial charge on any atom is -0.329 e. The average molecular weight is 270 g/mol. The summed E-state index contributed by atoms with van der Waals surface area (Å²) in [6.07, 6.45) is 5.18. The van der Waals surface area contributed by atoms with Gasteiger partial charge in [0.2, 0.25) is 0 Å². The number of thioether (sulfide) groups is 1. The van der Waals surface area contributed by atoms with Gasteiger partial charge in [0.25, 0.3) is 0 Å². The number of hydrogen-bond donors (Lipinski definition) is 1. The molecule has 0 aliphatic heterocycles. The van der Waals surface area contributed by atoms with E-state index < -0.39 is 0 Å². The number of hydrogen-bond acceptors (Lipinski definition) is 2.